The van der Waals surface area contributed by atoms with Gasteiger partial charge in [0.05, 0.1) is 12.7 Å². The normalized spacial score (nSPS) is 26.2. The van der Waals surface area contributed by atoms with Gasteiger partial charge in [0, 0.05) is 19.7 Å². The van der Waals surface area contributed by atoms with Gasteiger partial charge in [0.25, 0.3) is 0 Å². The molecule has 1 heterocycles. The van der Waals surface area contributed by atoms with E-state index in [2.05, 4.69) is 11.8 Å². The molecule has 90 valence electrons. The molecule has 0 saturated carbocycles. The smallest absolute Gasteiger partial charge is 0.0900 e. The van der Waals surface area contributed by atoms with Gasteiger partial charge in [0.1, 0.15) is 0 Å². The van der Waals surface area contributed by atoms with Gasteiger partial charge in [-0.2, -0.15) is 0 Å². The molecule has 0 aromatic heterocycles. The van der Waals surface area contributed by atoms with Crippen molar-refractivity contribution in [2.24, 2.45) is 0 Å². The van der Waals surface area contributed by atoms with E-state index in [1.807, 2.05) is 0 Å². The van der Waals surface area contributed by atoms with Gasteiger partial charge in [-0.3, -0.25) is 4.90 Å². The number of likely N-dealkylation sites (tertiary alicyclic amines) is 1. The maximum atomic E-state index is 9.74. The third-order valence-electron chi connectivity index (χ3n) is 3.27. The molecule has 1 rings (SSSR count). The van der Waals surface area contributed by atoms with Crippen molar-refractivity contribution in [3.8, 4) is 0 Å². The van der Waals surface area contributed by atoms with Crippen molar-refractivity contribution in [3.63, 3.8) is 0 Å². The summed E-state index contributed by atoms with van der Waals surface area (Å²) < 4.78 is 4.97. The number of methoxy groups -OCH3 is 1. The lowest BCUT2D eigenvalue weighted by molar-refractivity contribution is 0.0266. The average molecular weight is 215 g/mol. The molecule has 1 N–H and O–H groups in total. The summed E-state index contributed by atoms with van der Waals surface area (Å²) in [5, 5.41) is 9.74. The Bertz CT molecular complexity index is 164. The standard InChI is InChI=1S/C12H25NO2/c1-3-11-7-5-4-6-8-13(11)9-12(14)10-15-2/h11-12,14H,3-10H2,1-2H3/t11-,12-/m1/s1. The molecule has 1 fully saturated rings. The number of β-amino-alcohol motifs (C(OH)–C–C–N with tert-alkyl or cyclic N) is 1. The van der Waals surface area contributed by atoms with Crippen LogP contribution in [0.3, 0.4) is 0 Å². The molecular formula is C12H25NO2. The van der Waals surface area contributed by atoms with Gasteiger partial charge in [-0.1, -0.05) is 19.8 Å². The van der Waals surface area contributed by atoms with Crippen LogP contribution < -0.4 is 0 Å². The lowest BCUT2D eigenvalue weighted by atomic mass is 10.1. The molecule has 0 radical (unpaired) electrons. The van der Waals surface area contributed by atoms with Gasteiger partial charge < -0.3 is 9.84 Å². The van der Waals surface area contributed by atoms with E-state index in [9.17, 15) is 5.11 Å². The van der Waals surface area contributed by atoms with E-state index in [1.165, 1.54) is 32.1 Å². The lowest BCUT2D eigenvalue weighted by Crippen LogP contribution is -2.41. The zero-order valence-corrected chi connectivity index (χ0v) is 10.1. The van der Waals surface area contributed by atoms with Crippen molar-refractivity contribution in [1.29, 1.82) is 0 Å². The first-order chi connectivity index (χ1) is 7.27. The van der Waals surface area contributed by atoms with Crippen molar-refractivity contribution in [2.75, 3.05) is 26.8 Å². The fourth-order valence-electron chi connectivity index (χ4n) is 2.46. The van der Waals surface area contributed by atoms with Crippen molar-refractivity contribution in [1.82, 2.24) is 4.90 Å². The van der Waals surface area contributed by atoms with Crippen LogP contribution in [0.4, 0.5) is 0 Å². The summed E-state index contributed by atoms with van der Waals surface area (Å²) in [6.07, 6.45) is 6.11. The molecule has 0 spiro atoms. The van der Waals surface area contributed by atoms with Crippen LogP contribution in [-0.4, -0.2) is 49.0 Å². The second-order valence-corrected chi connectivity index (χ2v) is 4.52. The SMILES string of the molecule is CC[C@@H]1CCCCCN1C[C@@H](O)COC. The summed E-state index contributed by atoms with van der Waals surface area (Å²) in [5.41, 5.74) is 0. The Morgan fingerprint density at radius 2 is 2.20 bits per heavy atom. The van der Waals surface area contributed by atoms with Crippen molar-refractivity contribution >= 4 is 0 Å². The Balaban J connectivity index is 2.40. The zero-order chi connectivity index (χ0) is 11.1. The molecule has 0 unspecified atom stereocenters. The van der Waals surface area contributed by atoms with Crippen LogP contribution in [0.1, 0.15) is 39.0 Å². The summed E-state index contributed by atoms with van der Waals surface area (Å²) in [4.78, 5) is 2.44. The number of rotatable bonds is 5. The topological polar surface area (TPSA) is 32.7 Å². The summed E-state index contributed by atoms with van der Waals surface area (Å²) in [5.74, 6) is 0. The molecule has 0 bridgehead atoms. The third kappa shape index (κ3) is 4.49. The molecule has 1 aliphatic rings. The molecule has 0 aromatic carbocycles. The highest BCUT2D eigenvalue weighted by atomic mass is 16.5. The highest BCUT2D eigenvalue weighted by molar-refractivity contribution is 4.76. The molecule has 15 heavy (non-hydrogen) atoms. The molecule has 0 amide bonds. The van der Waals surface area contributed by atoms with Crippen molar-refractivity contribution in [2.45, 2.75) is 51.2 Å². The first kappa shape index (κ1) is 12.9. The second kappa shape index (κ2) is 7.20. The highest BCUT2D eigenvalue weighted by Gasteiger charge is 2.21. The number of nitrogens with zero attached hydrogens (tertiary/aromatic N) is 1. The summed E-state index contributed by atoms with van der Waals surface area (Å²) >= 11 is 0. The van der Waals surface area contributed by atoms with Gasteiger partial charge in [-0.05, 0) is 25.8 Å². The van der Waals surface area contributed by atoms with Crippen molar-refractivity contribution in [3.05, 3.63) is 0 Å². The van der Waals surface area contributed by atoms with E-state index in [0.717, 1.165) is 13.1 Å². The third-order valence-corrected chi connectivity index (χ3v) is 3.27. The Kier molecular flexibility index (Phi) is 6.22. The molecule has 2 atom stereocenters. The largest absolute Gasteiger partial charge is 0.389 e. The van der Waals surface area contributed by atoms with Crippen LogP contribution in [0.2, 0.25) is 0 Å². The minimum atomic E-state index is -0.331. The van der Waals surface area contributed by atoms with E-state index in [1.54, 1.807) is 7.11 Å². The van der Waals surface area contributed by atoms with Gasteiger partial charge in [-0.25, -0.2) is 0 Å². The maximum absolute atomic E-state index is 9.74. The van der Waals surface area contributed by atoms with Crippen LogP contribution in [-0.2, 0) is 4.74 Å². The van der Waals surface area contributed by atoms with Crippen LogP contribution in [0.15, 0.2) is 0 Å². The van der Waals surface area contributed by atoms with Crippen LogP contribution in [0.25, 0.3) is 0 Å². The van der Waals surface area contributed by atoms with Crippen LogP contribution in [0, 0.1) is 0 Å². The van der Waals surface area contributed by atoms with E-state index in [0.29, 0.717) is 12.6 Å². The first-order valence-electron chi connectivity index (χ1n) is 6.19. The number of aliphatic hydroxyl groups excluding tert-OH is 1. The fourth-order valence-corrected chi connectivity index (χ4v) is 2.46. The lowest BCUT2D eigenvalue weighted by Gasteiger charge is -2.30. The molecule has 0 aromatic rings. The van der Waals surface area contributed by atoms with E-state index in [4.69, 9.17) is 4.74 Å². The van der Waals surface area contributed by atoms with E-state index in [-0.39, 0.29) is 6.10 Å². The minimum Gasteiger partial charge on any atom is -0.389 e. The van der Waals surface area contributed by atoms with Gasteiger partial charge in [-0.15, -0.1) is 0 Å². The van der Waals surface area contributed by atoms with Crippen molar-refractivity contribution < 1.29 is 9.84 Å². The minimum absolute atomic E-state index is 0.331. The predicted octanol–water partition coefficient (Wildman–Crippen LogP) is 1.65. The summed E-state index contributed by atoms with van der Waals surface area (Å²) in [6.45, 7) is 4.60. The van der Waals surface area contributed by atoms with Gasteiger partial charge >= 0.3 is 0 Å². The molecule has 1 aliphatic heterocycles. The summed E-state index contributed by atoms with van der Waals surface area (Å²) in [6, 6.07) is 0.666. The molecule has 3 heteroatoms. The predicted molar refractivity (Wildman–Crippen MR) is 62.0 cm³/mol. The number of ether oxygens (including phenoxy) is 1. The maximum Gasteiger partial charge on any atom is 0.0900 e. The first-order valence-corrected chi connectivity index (χ1v) is 6.19. The fraction of sp³-hybridized carbons (Fsp3) is 1.00. The average Bonchev–Trinajstić information content (AvgIpc) is 2.43. The van der Waals surface area contributed by atoms with Gasteiger partial charge in [0.2, 0.25) is 0 Å². The highest BCUT2D eigenvalue weighted by Crippen LogP contribution is 2.19. The summed E-state index contributed by atoms with van der Waals surface area (Å²) in [7, 11) is 1.64. The molecule has 1 saturated heterocycles. The Hall–Kier alpha value is -0.120. The Labute approximate surface area is 93.4 Å². The molecular weight excluding hydrogens is 190 g/mol. The Morgan fingerprint density at radius 1 is 1.40 bits per heavy atom. The molecule has 3 nitrogen and oxygen atoms in total. The quantitative estimate of drug-likeness (QED) is 0.757. The molecule has 0 aliphatic carbocycles. The van der Waals surface area contributed by atoms with E-state index < -0.39 is 0 Å². The monoisotopic (exact) mass is 215 g/mol. The van der Waals surface area contributed by atoms with E-state index >= 15 is 0 Å². The number of hydrogen-bond donors (Lipinski definition) is 1. The Morgan fingerprint density at radius 3 is 2.87 bits per heavy atom. The van der Waals surface area contributed by atoms with Crippen LogP contribution in [0.5, 0.6) is 0 Å². The zero-order valence-electron chi connectivity index (χ0n) is 10.1. The number of hydrogen-bond acceptors (Lipinski definition) is 3. The number of aliphatic hydroxyl groups is 1. The second-order valence-electron chi connectivity index (χ2n) is 4.52. The van der Waals surface area contributed by atoms with Crippen LogP contribution >= 0.6 is 0 Å². The van der Waals surface area contributed by atoms with Gasteiger partial charge in [0.15, 0.2) is 0 Å².